The highest BCUT2D eigenvalue weighted by Gasteiger charge is 2.42. The molecule has 3 rings (SSSR count). The predicted octanol–water partition coefficient (Wildman–Crippen LogP) is 5.49. The Kier molecular flexibility index (Phi) is 6.75. The van der Waals surface area contributed by atoms with Crippen molar-refractivity contribution in [3.8, 4) is 0 Å². The number of ether oxygens (including phenoxy) is 2. The van der Waals surface area contributed by atoms with Gasteiger partial charge in [-0.15, -0.1) is 4.90 Å². The monoisotopic (exact) mass is 519 g/mol. The molecule has 0 radical (unpaired) electrons. The van der Waals surface area contributed by atoms with Crippen LogP contribution in [0.5, 0.6) is 0 Å². The Labute approximate surface area is 202 Å². The number of carbonyl (C=O) groups excluding carboxylic acids is 2. The maximum atomic E-state index is 13.0. The lowest BCUT2D eigenvalue weighted by atomic mass is 10.1. The van der Waals surface area contributed by atoms with Crippen LogP contribution in [-0.2, 0) is 16.5 Å². The van der Waals surface area contributed by atoms with Crippen molar-refractivity contribution in [2.24, 2.45) is 7.05 Å². The highest BCUT2D eigenvalue weighted by molar-refractivity contribution is 9.10. The molecule has 1 aromatic carbocycles. The number of hydrogen-bond donors (Lipinski definition) is 0. The highest BCUT2D eigenvalue weighted by Crippen LogP contribution is 2.54. The van der Waals surface area contributed by atoms with Crippen molar-refractivity contribution in [3.05, 3.63) is 56.4 Å². The molecule has 8 nitrogen and oxygen atoms in total. The minimum Gasteiger partial charge on any atom is -0.443 e. The van der Waals surface area contributed by atoms with E-state index >= 15 is 0 Å². The van der Waals surface area contributed by atoms with E-state index in [0.717, 1.165) is 21.0 Å². The Morgan fingerprint density at radius 1 is 1.03 bits per heavy atom. The quantitative estimate of drug-likeness (QED) is 0.532. The second-order valence-corrected chi connectivity index (χ2v) is 11.1. The fourth-order valence-corrected chi connectivity index (χ4v) is 3.83. The third-order valence-corrected chi connectivity index (χ3v) is 5.42. The Hall–Kier alpha value is -2.68. The first kappa shape index (κ1) is 25.0. The smallest absolute Gasteiger partial charge is 0.427 e. The van der Waals surface area contributed by atoms with Gasteiger partial charge < -0.3 is 9.47 Å². The molecular weight excluding hydrogens is 490 g/mol. The van der Waals surface area contributed by atoms with Crippen molar-refractivity contribution < 1.29 is 19.1 Å². The van der Waals surface area contributed by atoms with E-state index in [4.69, 9.17) is 9.47 Å². The van der Waals surface area contributed by atoms with Crippen molar-refractivity contribution in [2.75, 3.05) is 4.90 Å². The van der Waals surface area contributed by atoms with E-state index in [0.29, 0.717) is 10.6 Å². The van der Waals surface area contributed by atoms with Gasteiger partial charge in [-0.05, 0) is 71.6 Å². The van der Waals surface area contributed by atoms with Crippen molar-refractivity contribution in [3.63, 3.8) is 0 Å². The van der Waals surface area contributed by atoms with Gasteiger partial charge in [-0.25, -0.2) is 14.6 Å². The fraction of sp³-hybridized carbons (Fsp3) is 0.500. The molecule has 1 fully saturated rings. The molecule has 2 amide bonds. The molecule has 1 heterocycles. The van der Waals surface area contributed by atoms with E-state index in [9.17, 15) is 14.4 Å². The van der Waals surface area contributed by atoms with Crippen molar-refractivity contribution >= 4 is 34.1 Å². The maximum Gasteiger partial charge on any atom is 0.427 e. The molecule has 2 aromatic rings. The topological polar surface area (TPSA) is 90.7 Å². The number of rotatable bonds is 3. The summed E-state index contributed by atoms with van der Waals surface area (Å²) in [5.41, 5.74) is -0.455. The van der Waals surface area contributed by atoms with Crippen LogP contribution in [-0.4, -0.2) is 32.9 Å². The van der Waals surface area contributed by atoms with Crippen LogP contribution < -0.4 is 10.5 Å². The molecule has 1 saturated carbocycles. The average Bonchev–Trinajstić information content (AvgIpc) is 3.43. The number of halogens is 1. The van der Waals surface area contributed by atoms with Gasteiger partial charge in [0.25, 0.3) is 5.56 Å². The van der Waals surface area contributed by atoms with Crippen LogP contribution in [0.1, 0.15) is 71.1 Å². The fourth-order valence-electron chi connectivity index (χ4n) is 3.42. The molecule has 0 aliphatic heterocycles. The van der Waals surface area contributed by atoms with Crippen molar-refractivity contribution in [1.82, 2.24) is 9.55 Å². The predicted molar refractivity (Wildman–Crippen MR) is 129 cm³/mol. The molecule has 33 heavy (non-hydrogen) atoms. The zero-order valence-electron chi connectivity index (χ0n) is 20.0. The third-order valence-electron chi connectivity index (χ3n) is 4.93. The molecule has 1 aromatic heterocycles. The molecule has 1 aliphatic rings. The molecule has 0 saturated heterocycles. The van der Waals surface area contributed by atoms with E-state index in [1.54, 1.807) is 41.5 Å². The molecule has 0 spiro atoms. The van der Waals surface area contributed by atoms with Gasteiger partial charge >= 0.3 is 12.2 Å². The molecule has 0 unspecified atom stereocenters. The molecule has 178 valence electrons. The summed E-state index contributed by atoms with van der Waals surface area (Å²) in [5, 5.41) is 0. The van der Waals surface area contributed by atoms with Crippen LogP contribution in [0.15, 0.2) is 39.6 Å². The van der Waals surface area contributed by atoms with Crippen LogP contribution in [0.25, 0.3) is 0 Å². The minimum atomic E-state index is -0.962. The number of amides is 2. The standard InChI is InChI=1S/C24H30BrN3O5/c1-23(2,3)32-21(30)28(22(31)33-24(4,5)6)20-26-18(13-19(29)27(20)7)17-12-16(17)14-9-8-10-15(25)11-14/h8-11,13,16-17H,12H2,1-7H3/t16-,17-/m0/s1. The SMILES string of the molecule is Cn1c(N(C(=O)OC(C)(C)C)C(=O)OC(C)(C)C)nc([C@H]2C[C@H]2c2cccc(Br)c2)cc1=O. The van der Waals surface area contributed by atoms with Gasteiger partial charge in [0, 0.05) is 23.5 Å². The average molecular weight is 520 g/mol. The summed E-state index contributed by atoms with van der Waals surface area (Å²) in [6.45, 7) is 10.1. The first-order valence-electron chi connectivity index (χ1n) is 10.8. The Morgan fingerprint density at radius 3 is 2.12 bits per heavy atom. The summed E-state index contributed by atoms with van der Waals surface area (Å²) in [4.78, 5) is 44.1. The Bertz CT molecular complexity index is 1100. The Balaban J connectivity index is 2.01. The van der Waals surface area contributed by atoms with E-state index in [1.165, 1.54) is 13.1 Å². The first-order chi connectivity index (χ1) is 15.2. The number of carbonyl (C=O) groups is 2. The van der Waals surface area contributed by atoms with E-state index < -0.39 is 23.4 Å². The van der Waals surface area contributed by atoms with Crippen molar-refractivity contribution in [2.45, 2.75) is 71.0 Å². The number of aromatic nitrogens is 2. The lowest BCUT2D eigenvalue weighted by molar-refractivity contribution is 0.0425. The van der Waals surface area contributed by atoms with Gasteiger partial charge in [0.15, 0.2) is 0 Å². The third kappa shape index (κ3) is 6.22. The Morgan fingerprint density at radius 2 is 1.61 bits per heavy atom. The van der Waals surface area contributed by atoms with Crippen LogP contribution in [0.2, 0.25) is 0 Å². The minimum absolute atomic E-state index is 0.00562. The van der Waals surface area contributed by atoms with Gasteiger partial charge in [0.05, 0.1) is 5.69 Å². The van der Waals surface area contributed by atoms with Gasteiger partial charge in [0.2, 0.25) is 5.95 Å². The van der Waals surface area contributed by atoms with E-state index in [-0.39, 0.29) is 23.3 Å². The van der Waals surface area contributed by atoms with E-state index in [2.05, 4.69) is 20.9 Å². The molecule has 0 N–H and O–H groups in total. The van der Waals surface area contributed by atoms with Crippen LogP contribution in [0, 0.1) is 0 Å². The lowest BCUT2D eigenvalue weighted by Crippen LogP contribution is -2.46. The zero-order chi connectivity index (χ0) is 24.7. The van der Waals surface area contributed by atoms with Crippen molar-refractivity contribution in [1.29, 1.82) is 0 Å². The first-order valence-corrected chi connectivity index (χ1v) is 11.5. The molecule has 0 bridgehead atoms. The van der Waals surface area contributed by atoms with Gasteiger partial charge in [-0.2, -0.15) is 0 Å². The van der Waals surface area contributed by atoms with Gasteiger partial charge in [0.1, 0.15) is 11.2 Å². The van der Waals surface area contributed by atoms with Gasteiger partial charge in [-0.1, -0.05) is 28.1 Å². The van der Waals surface area contributed by atoms with Crippen LogP contribution >= 0.6 is 15.9 Å². The molecular formula is C24H30BrN3O5. The number of imide groups is 1. The van der Waals surface area contributed by atoms with Crippen LogP contribution in [0.3, 0.4) is 0 Å². The molecule has 2 atom stereocenters. The molecule has 9 heteroatoms. The summed E-state index contributed by atoms with van der Waals surface area (Å²) in [7, 11) is 1.45. The summed E-state index contributed by atoms with van der Waals surface area (Å²) < 4.78 is 13.0. The number of benzene rings is 1. The second kappa shape index (κ2) is 8.93. The second-order valence-electron chi connectivity index (χ2n) is 10.2. The molecule has 1 aliphatic carbocycles. The largest absolute Gasteiger partial charge is 0.443 e. The number of nitrogens with zero attached hydrogens (tertiary/aromatic N) is 3. The summed E-state index contributed by atoms with van der Waals surface area (Å²) in [5.74, 6) is 0.0680. The number of anilines is 1. The summed E-state index contributed by atoms with van der Waals surface area (Å²) >= 11 is 3.49. The van der Waals surface area contributed by atoms with Crippen LogP contribution in [0.4, 0.5) is 15.5 Å². The van der Waals surface area contributed by atoms with E-state index in [1.807, 2.05) is 24.3 Å². The summed E-state index contributed by atoms with van der Waals surface area (Å²) in [6.07, 6.45) is -1.11. The lowest BCUT2D eigenvalue weighted by Gasteiger charge is -2.28. The number of hydrogen-bond acceptors (Lipinski definition) is 6. The summed E-state index contributed by atoms with van der Waals surface area (Å²) in [6, 6.07) is 9.44. The maximum absolute atomic E-state index is 13.0. The van der Waals surface area contributed by atoms with Gasteiger partial charge in [-0.3, -0.25) is 9.36 Å². The zero-order valence-corrected chi connectivity index (χ0v) is 21.6. The normalized spacial score (nSPS) is 17.9. The highest BCUT2D eigenvalue weighted by atomic mass is 79.9.